The quantitative estimate of drug-likeness (QED) is 0.0378. The number of esters is 1. The molecule has 1 aromatic heterocycles. The van der Waals surface area contributed by atoms with Crippen LogP contribution in [0.1, 0.15) is 89.0 Å². The summed E-state index contributed by atoms with van der Waals surface area (Å²) in [5.41, 5.74) is 6.50. The van der Waals surface area contributed by atoms with Crippen molar-refractivity contribution in [3.8, 4) is 16.9 Å². The van der Waals surface area contributed by atoms with Crippen molar-refractivity contribution in [3.05, 3.63) is 103 Å². The van der Waals surface area contributed by atoms with Crippen LogP contribution >= 0.6 is 0 Å². The Labute approximate surface area is 385 Å². The Balaban J connectivity index is 0.653. The Bertz CT molecular complexity index is 2390. The molecule has 0 unspecified atom stereocenters. The third-order valence-corrected chi connectivity index (χ3v) is 16.8. The number of aryl methyl sites for hydroxylation is 2. The molecule has 65 heavy (non-hydrogen) atoms. The van der Waals surface area contributed by atoms with E-state index in [1.165, 1.54) is 71.5 Å². The first-order valence-electron chi connectivity index (χ1n) is 25.1. The van der Waals surface area contributed by atoms with E-state index >= 15 is 0 Å². The predicted molar refractivity (Wildman–Crippen MR) is 254 cm³/mol. The van der Waals surface area contributed by atoms with Crippen LogP contribution in [0.15, 0.2) is 97.1 Å². The fourth-order valence-electron chi connectivity index (χ4n) is 14.8. The average molecular weight is 876 g/mol. The standard InChI is InChI=1S/C57H67N2O6/c1-58-51-10-4-2-8-49(51)53(50-9-3-5-11-52(50)58)46-14-16-47(17-15-46)59(54(60)56-33-40-27-41(34-56)29-42(28-40)35-56)20-22-62-23-24-63-25-26-64-48-18-12-39(13-19-48)7-6-21-65-55(61)57-36-43-30-44(37-57)32-45(31-43)38-57/h2-5,8-19,40-45H,6-7,20-38H2,1H3/q+1. The lowest BCUT2D eigenvalue weighted by Crippen LogP contribution is -2.55. The van der Waals surface area contributed by atoms with Crippen LogP contribution in [-0.4, -0.2) is 58.1 Å². The molecule has 8 fully saturated rings. The van der Waals surface area contributed by atoms with Crippen molar-refractivity contribution in [2.75, 3.05) is 51.1 Å². The van der Waals surface area contributed by atoms with Crippen LogP contribution in [0.5, 0.6) is 5.75 Å². The fraction of sp³-hybridized carbons (Fsp3) is 0.526. The number of hydrogen-bond donors (Lipinski definition) is 0. The van der Waals surface area contributed by atoms with E-state index in [1.807, 2.05) is 12.1 Å². The molecular formula is C57H67N2O6+. The molecule has 8 aliphatic carbocycles. The summed E-state index contributed by atoms with van der Waals surface area (Å²) in [6.07, 6.45) is 15.9. The van der Waals surface area contributed by atoms with Gasteiger partial charge in [0, 0.05) is 29.9 Å². The number of fused-ring (bicyclic) bond motifs is 2. The number of rotatable bonds is 18. The second kappa shape index (κ2) is 18.1. The summed E-state index contributed by atoms with van der Waals surface area (Å²) in [4.78, 5) is 30.1. The van der Waals surface area contributed by atoms with Gasteiger partial charge in [0.2, 0.25) is 16.9 Å². The number of anilines is 1. The zero-order valence-electron chi connectivity index (χ0n) is 38.4. The molecule has 8 nitrogen and oxygen atoms in total. The van der Waals surface area contributed by atoms with Crippen molar-refractivity contribution in [1.29, 1.82) is 0 Å². The van der Waals surface area contributed by atoms with Crippen molar-refractivity contribution in [3.63, 3.8) is 0 Å². The van der Waals surface area contributed by atoms with Crippen LogP contribution in [0.4, 0.5) is 5.69 Å². The Morgan fingerprint density at radius 3 is 1.66 bits per heavy atom. The molecule has 1 amide bonds. The van der Waals surface area contributed by atoms with Crippen LogP contribution in [0.3, 0.4) is 0 Å². The molecule has 8 saturated carbocycles. The molecule has 0 spiro atoms. The first kappa shape index (κ1) is 42.8. The highest BCUT2D eigenvalue weighted by Crippen LogP contribution is 2.62. The van der Waals surface area contributed by atoms with Crippen molar-refractivity contribution < 1.29 is 33.1 Å². The van der Waals surface area contributed by atoms with E-state index in [4.69, 9.17) is 18.9 Å². The molecule has 8 heteroatoms. The van der Waals surface area contributed by atoms with E-state index in [2.05, 4.69) is 101 Å². The maximum Gasteiger partial charge on any atom is 0.312 e. The SMILES string of the molecule is C[n+]1c2ccccc2c(-c2ccc(N(CCOCCOCCOc3ccc(CCCOC(=O)C45CC6CC(CC(C6)C4)C5)cc3)C(=O)C34CC5CC(CC(C5)C3)C4)cc2)c2ccccc21. The first-order valence-corrected chi connectivity index (χ1v) is 25.1. The van der Waals surface area contributed by atoms with Gasteiger partial charge in [-0.2, -0.15) is 4.57 Å². The van der Waals surface area contributed by atoms with Crippen molar-refractivity contribution in [1.82, 2.24) is 0 Å². The number of pyridine rings is 1. The van der Waals surface area contributed by atoms with Gasteiger partial charge in [-0.15, -0.1) is 0 Å². The lowest BCUT2D eigenvalue weighted by molar-refractivity contribution is -0.617. The zero-order chi connectivity index (χ0) is 44.0. The summed E-state index contributed by atoms with van der Waals surface area (Å²) >= 11 is 0. The lowest BCUT2D eigenvalue weighted by Gasteiger charge is -2.56. The third kappa shape index (κ3) is 8.59. The minimum absolute atomic E-state index is 0.0820. The van der Waals surface area contributed by atoms with Crippen LogP contribution in [0.25, 0.3) is 32.9 Å². The lowest BCUT2D eigenvalue weighted by atomic mass is 9.49. The molecule has 0 saturated heterocycles. The van der Waals surface area contributed by atoms with Gasteiger partial charge in [-0.05, 0) is 173 Å². The van der Waals surface area contributed by atoms with E-state index in [0.717, 1.165) is 86.1 Å². The maximum atomic E-state index is 14.9. The number of aromatic nitrogens is 1. The minimum atomic E-state index is -0.249. The summed E-state index contributed by atoms with van der Waals surface area (Å²) in [7, 11) is 2.14. The van der Waals surface area contributed by atoms with Gasteiger partial charge in [-0.25, -0.2) is 0 Å². The number of nitrogens with zero attached hydrogens (tertiary/aromatic N) is 2. The topological polar surface area (TPSA) is 78.2 Å². The number of amides is 1. The number of hydrogen-bond acceptors (Lipinski definition) is 6. The highest BCUT2D eigenvalue weighted by molar-refractivity contribution is 6.07. The number of carbonyl (C=O) groups is 2. The molecule has 0 radical (unpaired) electrons. The van der Waals surface area contributed by atoms with Gasteiger partial charge in [-0.1, -0.05) is 48.5 Å². The van der Waals surface area contributed by atoms with Gasteiger partial charge < -0.3 is 23.8 Å². The van der Waals surface area contributed by atoms with Gasteiger partial charge in [0.05, 0.1) is 54.6 Å². The summed E-state index contributed by atoms with van der Waals surface area (Å²) in [5, 5.41) is 2.43. The Hall–Kier alpha value is -4.79. The fourth-order valence-corrected chi connectivity index (χ4v) is 14.8. The highest BCUT2D eigenvalue weighted by Gasteiger charge is 2.57. The molecule has 5 aromatic rings. The van der Waals surface area contributed by atoms with Gasteiger partial charge in [0.1, 0.15) is 19.4 Å². The third-order valence-electron chi connectivity index (χ3n) is 16.8. The van der Waals surface area contributed by atoms with E-state index < -0.39 is 0 Å². The summed E-state index contributed by atoms with van der Waals surface area (Å²) < 4.78 is 26.2. The van der Waals surface area contributed by atoms with E-state index in [0.29, 0.717) is 69.8 Å². The molecule has 13 rings (SSSR count). The second-order valence-corrected chi connectivity index (χ2v) is 21.3. The van der Waals surface area contributed by atoms with E-state index in [9.17, 15) is 9.59 Å². The van der Waals surface area contributed by atoms with Crippen LogP contribution in [0, 0.1) is 46.3 Å². The van der Waals surface area contributed by atoms with Crippen molar-refractivity contribution >= 4 is 39.4 Å². The number of para-hydroxylation sites is 2. The Morgan fingerprint density at radius 2 is 1.09 bits per heavy atom. The average Bonchev–Trinajstić information content (AvgIpc) is 3.31. The normalized spacial score (nSPS) is 28.3. The van der Waals surface area contributed by atoms with E-state index in [-0.39, 0.29) is 16.8 Å². The molecule has 0 N–H and O–H groups in total. The maximum absolute atomic E-state index is 14.9. The molecule has 340 valence electrons. The van der Waals surface area contributed by atoms with Crippen LogP contribution in [0.2, 0.25) is 0 Å². The Kier molecular flexibility index (Phi) is 11.9. The molecule has 1 heterocycles. The largest absolute Gasteiger partial charge is 0.491 e. The molecule has 0 aliphatic heterocycles. The van der Waals surface area contributed by atoms with Gasteiger partial charge in [0.25, 0.3) is 0 Å². The van der Waals surface area contributed by atoms with E-state index in [1.54, 1.807) is 0 Å². The number of carbonyl (C=O) groups excluding carboxylic acids is 2. The number of benzene rings is 4. The van der Waals surface area contributed by atoms with Gasteiger partial charge in [0.15, 0.2) is 0 Å². The zero-order valence-corrected chi connectivity index (χ0v) is 38.4. The molecule has 0 atom stereocenters. The van der Waals surface area contributed by atoms with Crippen LogP contribution < -0.4 is 14.2 Å². The van der Waals surface area contributed by atoms with Crippen molar-refractivity contribution in [2.45, 2.75) is 89.9 Å². The van der Waals surface area contributed by atoms with Crippen LogP contribution in [-0.2, 0) is 37.3 Å². The minimum Gasteiger partial charge on any atom is -0.491 e. The molecule has 8 bridgehead atoms. The monoisotopic (exact) mass is 875 g/mol. The summed E-state index contributed by atoms with van der Waals surface area (Å²) in [6.45, 7) is 3.29. The smallest absolute Gasteiger partial charge is 0.312 e. The summed E-state index contributed by atoms with van der Waals surface area (Å²) in [5.74, 6) is 5.53. The summed E-state index contributed by atoms with van der Waals surface area (Å²) in [6, 6.07) is 34.2. The first-order chi connectivity index (χ1) is 31.8. The van der Waals surface area contributed by atoms with Gasteiger partial charge in [-0.3, -0.25) is 9.59 Å². The Morgan fingerprint density at radius 1 is 0.585 bits per heavy atom. The van der Waals surface area contributed by atoms with Crippen molar-refractivity contribution in [2.24, 2.45) is 53.4 Å². The molecule has 8 aliphatic rings. The molecular weight excluding hydrogens is 809 g/mol. The second-order valence-electron chi connectivity index (χ2n) is 21.3. The van der Waals surface area contributed by atoms with Gasteiger partial charge >= 0.3 is 5.97 Å². The highest BCUT2D eigenvalue weighted by atomic mass is 16.5. The number of ether oxygens (including phenoxy) is 4. The molecule has 4 aromatic carbocycles. The predicted octanol–water partition coefficient (Wildman–Crippen LogP) is 10.8.